The summed E-state index contributed by atoms with van der Waals surface area (Å²) in [5.41, 5.74) is 5.86. The summed E-state index contributed by atoms with van der Waals surface area (Å²) in [7, 11) is 3.30. The van der Waals surface area contributed by atoms with Crippen LogP contribution in [0.5, 0.6) is 0 Å². The molecule has 1 aromatic rings. The van der Waals surface area contributed by atoms with Gasteiger partial charge in [0, 0.05) is 18.0 Å². The first-order valence-electron chi connectivity index (χ1n) is 7.56. The highest BCUT2D eigenvalue weighted by Gasteiger charge is 2.24. The zero-order chi connectivity index (χ0) is 16.5. The summed E-state index contributed by atoms with van der Waals surface area (Å²) in [6.45, 7) is 5.51. The lowest BCUT2D eigenvalue weighted by Crippen LogP contribution is -2.33. The lowest BCUT2D eigenvalue weighted by atomic mass is 9.98. The Balaban J connectivity index is 2.84. The summed E-state index contributed by atoms with van der Waals surface area (Å²) < 4.78 is 10.7. The van der Waals surface area contributed by atoms with E-state index in [0.29, 0.717) is 30.8 Å². The van der Waals surface area contributed by atoms with Gasteiger partial charge in [-0.05, 0) is 32.4 Å². The number of hydrogen-bond acceptors (Lipinski definition) is 7. The van der Waals surface area contributed by atoms with Gasteiger partial charge in [0.1, 0.15) is 11.1 Å². The average molecular weight is 329 g/mol. The van der Waals surface area contributed by atoms with E-state index in [1.54, 1.807) is 5.38 Å². The van der Waals surface area contributed by atoms with Gasteiger partial charge >= 0.3 is 5.97 Å². The van der Waals surface area contributed by atoms with Crippen molar-refractivity contribution in [3.8, 4) is 0 Å². The quantitative estimate of drug-likeness (QED) is 0.504. The molecule has 1 rings (SSSR count). The normalized spacial score (nSPS) is 14.1. The number of rotatable bonds is 10. The summed E-state index contributed by atoms with van der Waals surface area (Å²) in [6.07, 6.45) is 1.46. The first-order chi connectivity index (χ1) is 10.5. The van der Waals surface area contributed by atoms with Crippen molar-refractivity contribution in [3.63, 3.8) is 0 Å². The predicted octanol–water partition coefficient (Wildman–Crippen LogP) is 1.97. The van der Waals surface area contributed by atoms with Gasteiger partial charge in [0.2, 0.25) is 0 Å². The van der Waals surface area contributed by atoms with Crippen LogP contribution >= 0.6 is 11.3 Å². The first kappa shape index (κ1) is 19.0. The summed E-state index contributed by atoms with van der Waals surface area (Å²) in [4.78, 5) is 15.9. The minimum absolute atomic E-state index is 0.144. The summed E-state index contributed by atoms with van der Waals surface area (Å²) in [6, 6.07) is 0.313. The molecule has 1 aromatic heterocycles. The molecule has 0 radical (unpaired) electrons. The number of aromatic nitrogens is 1. The van der Waals surface area contributed by atoms with Crippen LogP contribution in [0.3, 0.4) is 0 Å². The molecule has 0 spiro atoms. The highest BCUT2D eigenvalue weighted by Crippen LogP contribution is 2.28. The smallest absolute Gasteiger partial charge is 0.357 e. The van der Waals surface area contributed by atoms with Crippen LogP contribution < -0.4 is 11.1 Å². The van der Waals surface area contributed by atoms with Crippen LogP contribution in [0.15, 0.2) is 5.38 Å². The first-order valence-corrected chi connectivity index (χ1v) is 8.44. The second-order valence-corrected chi connectivity index (χ2v) is 6.33. The Morgan fingerprint density at radius 1 is 1.50 bits per heavy atom. The Morgan fingerprint density at radius 2 is 2.23 bits per heavy atom. The van der Waals surface area contributed by atoms with E-state index in [0.717, 1.165) is 17.8 Å². The van der Waals surface area contributed by atoms with Crippen LogP contribution in [-0.2, 0) is 9.47 Å². The molecule has 0 bridgehead atoms. The number of ether oxygens (including phenoxy) is 2. The van der Waals surface area contributed by atoms with Crippen LogP contribution in [-0.4, -0.2) is 44.3 Å². The Hall–Kier alpha value is -1.02. The summed E-state index contributed by atoms with van der Waals surface area (Å²) in [5, 5.41) is 5.83. The maximum Gasteiger partial charge on any atom is 0.357 e. The molecule has 0 amide bonds. The number of thiazole rings is 1. The SMILES string of the molecule is CN[C@H](C[C@@H](OCCCN)c1nc(C(=O)OC)cs1)C(C)C. The number of esters is 1. The van der Waals surface area contributed by atoms with Gasteiger partial charge in [-0.2, -0.15) is 0 Å². The van der Waals surface area contributed by atoms with Gasteiger partial charge in [-0.3, -0.25) is 0 Å². The summed E-state index contributed by atoms with van der Waals surface area (Å²) >= 11 is 1.43. The van der Waals surface area contributed by atoms with E-state index in [2.05, 4.69) is 24.1 Å². The van der Waals surface area contributed by atoms with Gasteiger partial charge in [-0.1, -0.05) is 13.8 Å². The van der Waals surface area contributed by atoms with Crippen LogP contribution in [0.4, 0.5) is 0 Å². The van der Waals surface area contributed by atoms with Crippen LogP contribution in [0.1, 0.15) is 48.3 Å². The van der Waals surface area contributed by atoms with E-state index in [9.17, 15) is 4.79 Å². The minimum Gasteiger partial charge on any atom is -0.464 e. The molecule has 0 unspecified atom stereocenters. The molecule has 0 aromatic carbocycles. The average Bonchev–Trinajstić information content (AvgIpc) is 2.99. The molecular formula is C15H27N3O3S. The van der Waals surface area contributed by atoms with E-state index in [4.69, 9.17) is 15.2 Å². The molecule has 1 heterocycles. The van der Waals surface area contributed by atoms with Crippen molar-refractivity contribution in [1.82, 2.24) is 10.3 Å². The zero-order valence-corrected chi connectivity index (χ0v) is 14.6. The second kappa shape index (κ2) is 9.89. The molecule has 2 atom stereocenters. The molecule has 0 aliphatic heterocycles. The standard InChI is InChI=1S/C15H27N3O3S/c1-10(2)11(17-3)8-13(21-7-5-6-16)14-18-12(9-22-14)15(19)20-4/h9-11,13,17H,5-8,16H2,1-4H3/t11-,13-/m1/s1. The third-order valence-corrected chi connectivity index (χ3v) is 4.44. The van der Waals surface area contributed by atoms with Gasteiger partial charge in [0.25, 0.3) is 0 Å². The molecule has 0 saturated carbocycles. The van der Waals surface area contributed by atoms with Crippen LogP contribution in [0.2, 0.25) is 0 Å². The fourth-order valence-corrected chi connectivity index (χ4v) is 2.99. The third kappa shape index (κ3) is 5.64. The maximum absolute atomic E-state index is 11.5. The Labute approximate surface area is 136 Å². The molecule has 6 nitrogen and oxygen atoms in total. The number of methoxy groups -OCH3 is 1. The van der Waals surface area contributed by atoms with E-state index in [1.165, 1.54) is 18.4 Å². The molecule has 0 saturated heterocycles. The van der Waals surface area contributed by atoms with Gasteiger partial charge in [-0.25, -0.2) is 9.78 Å². The Kier molecular flexibility index (Phi) is 8.55. The topological polar surface area (TPSA) is 86.5 Å². The van der Waals surface area contributed by atoms with Gasteiger partial charge < -0.3 is 20.5 Å². The molecule has 126 valence electrons. The second-order valence-electron chi connectivity index (χ2n) is 5.44. The molecule has 0 aliphatic rings. The number of nitrogens with one attached hydrogen (secondary N) is 1. The van der Waals surface area contributed by atoms with Crippen molar-refractivity contribution in [2.75, 3.05) is 27.3 Å². The van der Waals surface area contributed by atoms with Crippen LogP contribution in [0, 0.1) is 5.92 Å². The van der Waals surface area contributed by atoms with Gasteiger partial charge in [0.15, 0.2) is 5.69 Å². The highest BCUT2D eigenvalue weighted by molar-refractivity contribution is 7.09. The van der Waals surface area contributed by atoms with Crippen molar-refractivity contribution in [2.24, 2.45) is 11.7 Å². The molecule has 0 fully saturated rings. The number of nitrogens with two attached hydrogens (primary N) is 1. The predicted molar refractivity (Wildman–Crippen MR) is 88.1 cm³/mol. The highest BCUT2D eigenvalue weighted by atomic mass is 32.1. The largest absolute Gasteiger partial charge is 0.464 e. The minimum atomic E-state index is -0.419. The van der Waals surface area contributed by atoms with E-state index >= 15 is 0 Å². The Bertz CT molecular complexity index is 451. The maximum atomic E-state index is 11.5. The molecule has 7 heteroatoms. The monoisotopic (exact) mass is 329 g/mol. The van der Waals surface area contributed by atoms with Crippen LogP contribution in [0.25, 0.3) is 0 Å². The van der Waals surface area contributed by atoms with E-state index in [1.807, 2.05) is 7.05 Å². The fraction of sp³-hybridized carbons (Fsp3) is 0.733. The van der Waals surface area contributed by atoms with Crippen molar-refractivity contribution < 1.29 is 14.3 Å². The third-order valence-electron chi connectivity index (χ3n) is 3.50. The fourth-order valence-electron chi connectivity index (χ4n) is 2.14. The number of carbonyl (C=O) groups is 1. The number of hydrogen-bond donors (Lipinski definition) is 2. The Morgan fingerprint density at radius 3 is 2.77 bits per heavy atom. The molecule has 22 heavy (non-hydrogen) atoms. The number of nitrogens with zero attached hydrogens (tertiary/aromatic N) is 1. The zero-order valence-electron chi connectivity index (χ0n) is 13.8. The summed E-state index contributed by atoms with van der Waals surface area (Å²) in [5.74, 6) is 0.0582. The van der Waals surface area contributed by atoms with Crippen molar-refractivity contribution in [2.45, 2.75) is 38.8 Å². The van der Waals surface area contributed by atoms with E-state index in [-0.39, 0.29) is 6.10 Å². The van der Waals surface area contributed by atoms with Crippen molar-refractivity contribution in [1.29, 1.82) is 0 Å². The number of carbonyl (C=O) groups excluding carboxylic acids is 1. The van der Waals surface area contributed by atoms with Crippen molar-refractivity contribution in [3.05, 3.63) is 16.1 Å². The molecule has 0 aliphatic carbocycles. The molecular weight excluding hydrogens is 302 g/mol. The van der Waals surface area contributed by atoms with Gasteiger partial charge in [-0.15, -0.1) is 11.3 Å². The van der Waals surface area contributed by atoms with E-state index < -0.39 is 5.97 Å². The lowest BCUT2D eigenvalue weighted by molar-refractivity contribution is 0.0351. The van der Waals surface area contributed by atoms with Crippen molar-refractivity contribution >= 4 is 17.3 Å². The molecule has 3 N–H and O–H groups in total. The lowest BCUT2D eigenvalue weighted by Gasteiger charge is -2.25. The van der Waals surface area contributed by atoms with Gasteiger partial charge in [0.05, 0.1) is 7.11 Å².